The third kappa shape index (κ3) is 1.52. The highest BCUT2D eigenvalue weighted by atomic mass is 19.1. The second kappa shape index (κ2) is 3.09. The van der Waals surface area contributed by atoms with E-state index in [1.54, 1.807) is 0 Å². The van der Waals surface area contributed by atoms with Crippen LogP contribution in [-0.2, 0) is 4.74 Å². The molecule has 0 spiro atoms. The number of hydrogen-bond donors (Lipinski definition) is 1. The monoisotopic (exact) mass is 154 g/mol. The van der Waals surface area contributed by atoms with Gasteiger partial charge in [0.2, 0.25) is 5.90 Å². The summed E-state index contributed by atoms with van der Waals surface area (Å²) in [5.74, 6) is -0.803. The third-order valence-electron chi connectivity index (χ3n) is 1.18. The number of nitrogens with zero attached hydrogens (tertiary/aromatic N) is 1. The first-order valence-electron chi connectivity index (χ1n) is 2.99. The second-order valence-corrected chi connectivity index (χ2v) is 1.87. The summed E-state index contributed by atoms with van der Waals surface area (Å²) in [7, 11) is 1.30. The Morgan fingerprint density at radius 2 is 2.45 bits per heavy atom. The smallest absolute Gasteiger partial charge is 0.235 e. The highest BCUT2D eigenvalue weighted by Gasteiger charge is 2.07. The van der Waals surface area contributed by atoms with E-state index in [1.807, 2.05) is 0 Å². The van der Waals surface area contributed by atoms with Gasteiger partial charge in [-0.3, -0.25) is 5.41 Å². The molecule has 0 amide bonds. The number of nitrogens with one attached hydrogen (secondary N) is 1. The fourth-order valence-corrected chi connectivity index (χ4v) is 0.649. The van der Waals surface area contributed by atoms with Gasteiger partial charge in [-0.15, -0.1) is 0 Å². The predicted octanol–water partition coefficient (Wildman–Crippen LogP) is 1.19. The number of halogens is 1. The Morgan fingerprint density at radius 1 is 1.73 bits per heavy atom. The Balaban J connectivity index is 3.03. The minimum atomic E-state index is -0.542. The highest BCUT2D eigenvalue weighted by molar-refractivity contribution is 5.89. The van der Waals surface area contributed by atoms with E-state index in [9.17, 15) is 4.39 Å². The van der Waals surface area contributed by atoms with Crippen LogP contribution in [0.4, 0.5) is 4.39 Å². The van der Waals surface area contributed by atoms with E-state index < -0.39 is 5.82 Å². The van der Waals surface area contributed by atoms with E-state index in [0.717, 1.165) is 0 Å². The average molecular weight is 154 g/mol. The summed E-state index contributed by atoms with van der Waals surface area (Å²) in [4.78, 5) is 3.62. The fraction of sp³-hybridized carbons (Fsp3) is 0.143. The van der Waals surface area contributed by atoms with E-state index in [4.69, 9.17) is 5.41 Å². The van der Waals surface area contributed by atoms with Crippen LogP contribution in [0.3, 0.4) is 0 Å². The number of rotatable bonds is 1. The van der Waals surface area contributed by atoms with Crippen LogP contribution in [0, 0.1) is 11.2 Å². The Morgan fingerprint density at radius 3 is 3.00 bits per heavy atom. The van der Waals surface area contributed by atoms with Gasteiger partial charge in [0.1, 0.15) is 0 Å². The largest absolute Gasteiger partial charge is 0.480 e. The molecule has 0 unspecified atom stereocenters. The molecule has 3 nitrogen and oxygen atoms in total. The lowest BCUT2D eigenvalue weighted by Gasteiger charge is -2.00. The van der Waals surface area contributed by atoms with Crippen molar-refractivity contribution >= 4 is 5.90 Å². The van der Waals surface area contributed by atoms with Gasteiger partial charge in [-0.2, -0.15) is 0 Å². The van der Waals surface area contributed by atoms with Crippen LogP contribution in [0.2, 0.25) is 0 Å². The summed E-state index contributed by atoms with van der Waals surface area (Å²) in [6, 6.07) is 2.69. The molecule has 1 heterocycles. The zero-order valence-electron chi connectivity index (χ0n) is 5.97. The quantitative estimate of drug-likeness (QED) is 0.488. The van der Waals surface area contributed by atoms with Crippen LogP contribution in [0.15, 0.2) is 18.3 Å². The number of aromatic nitrogens is 1. The van der Waals surface area contributed by atoms with E-state index in [1.165, 1.54) is 25.4 Å². The van der Waals surface area contributed by atoms with Crippen molar-refractivity contribution in [3.63, 3.8) is 0 Å². The SMILES string of the molecule is COC(=N)c1ncccc1F. The van der Waals surface area contributed by atoms with Crippen LogP contribution in [-0.4, -0.2) is 18.0 Å². The molecule has 1 N–H and O–H groups in total. The van der Waals surface area contributed by atoms with Crippen molar-refractivity contribution in [1.29, 1.82) is 5.41 Å². The molecule has 0 aliphatic carbocycles. The lowest BCUT2D eigenvalue weighted by Crippen LogP contribution is -2.06. The van der Waals surface area contributed by atoms with Crippen LogP contribution in [0.5, 0.6) is 0 Å². The molecule has 0 aliphatic heterocycles. The Kier molecular flexibility index (Phi) is 2.15. The molecule has 0 aliphatic rings. The number of hydrogen-bond acceptors (Lipinski definition) is 3. The van der Waals surface area contributed by atoms with Gasteiger partial charge >= 0.3 is 0 Å². The van der Waals surface area contributed by atoms with Crippen molar-refractivity contribution < 1.29 is 9.13 Å². The van der Waals surface area contributed by atoms with Gasteiger partial charge in [0.25, 0.3) is 0 Å². The zero-order valence-corrected chi connectivity index (χ0v) is 5.97. The first kappa shape index (κ1) is 7.65. The first-order chi connectivity index (χ1) is 5.25. The zero-order chi connectivity index (χ0) is 8.27. The maximum absolute atomic E-state index is 12.7. The van der Waals surface area contributed by atoms with Crippen molar-refractivity contribution in [3.8, 4) is 0 Å². The van der Waals surface area contributed by atoms with Crippen LogP contribution < -0.4 is 0 Å². The first-order valence-corrected chi connectivity index (χ1v) is 2.99. The minimum absolute atomic E-state index is 0.0602. The van der Waals surface area contributed by atoms with Gasteiger partial charge in [0.15, 0.2) is 11.5 Å². The van der Waals surface area contributed by atoms with Crippen molar-refractivity contribution in [2.45, 2.75) is 0 Å². The van der Waals surface area contributed by atoms with E-state index in [0.29, 0.717) is 0 Å². The van der Waals surface area contributed by atoms with Gasteiger partial charge < -0.3 is 4.74 Å². The second-order valence-electron chi connectivity index (χ2n) is 1.87. The molecule has 0 bridgehead atoms. The molecule has 0 radical (unpaired) electrons. The molecule has 0 atom stereocenters. The standard InChI is InChI=1S/C7H7FN2O/c1-11-7(9)6-5(8)3-2-4-10-6/h2-4,9H,1H3. The molecule has 0 saturated heterocycles. The summed E-state index contributed by atoms with van der Waals surface area (Å²) in [5.41, 5.74) is -0.0602. The molecule has 1 aromatic rings. The third-order valence-corrected chi connectivity index (χ3v) is 1.18. The van der Waals surface area contributed by atoms with Crippen molar-refractivity contribution in [1.82, 2.24) is 4.98 Å². The summed E-state index contributed by atoms with van der Waals surface area (Å²) in [6.45, 7) is 0. The summed E-state index contributed by atoms with van der Waals surface area (Å²) >= 11 is 0. The highest BCUT2D eigenvalue weighted by Crippen LogP contribution is 2.02. The number of pyridine rings is 1. The van der Waals surface area contributed by atoms with E-state index in [2.05, 4.69) is 9.72 Å². The van der Waals surface area contributed by atoms with Gasteiger partial charge in [0.05, 0.1) is 7.11 Å². The van der Waals surface area contributed by atoms with Crippen LogP contribution in [0.1, 0.15) is 5.69 Å². The Hall–Kier alpha value is -1.45. The summed E-state index contributed by atoms with van der Waals surface area (Å²) < 4.78 is 17.2. The van der Waals surface area contributed by atoms with E-state index >= 15 is 0 Å². The van der Waals surface area contributed by atoms with Gasteiger partial charge in [-0.25, -0.2) is 9.37 Å². The maximum atomic E-state index is 12.7. The van der Waals surface area contributed by atoms with Crippen molar-refractivity contribution in [3.05, 3.63) is 29.8 Å². The lowest BCUT2D eigenvalue weighted by molar-refractivity contribution is 0.396. The topological polar surface area (TPSA) is 46.0 Å². The molecule has 58 valence electrons. The molecule has 4 heteroatoms. The molecule has 0 saturated carbocycles. The van der Waals surface area contributed by atoms with Gasteiger partial charge in [0, 0.05) is 6.20 Å². The minimum Gasteiger partial charge on any atom is -0.480 e. The molecule has 11 heavy (non-hydrogen) atoms. The van der Waals surface area contributed by atoms with Crippen LogP contribution in [0.25, 0.3) is 0 Å². The molecule has 0 aromatic carbocycles. The summed E-state index contributed by atoms with van der Waals surface area (Å²) in [6.07, 6.45) is 1.41. The Bertz CT molecular complexity index is 275. The normalized spacial score (nSPS) is 9.27. The van der Waals surface area contributed by atoms with Crippen molar-refractivity contribution in [2.24, 2.45) is 0 Å². The summed E-state index contributed by atoms with van der Waals surface area (Å²) in [5, 5.41) is 7.09. The predicted molar refractivity (Wildman–Crippen MR) is 38.0 cm³/mol. The fourth-order valence-electron chi connectivity index (χ4n) is 0.649. The van der Waals surface area contributed by atoms with E-state index in [-0.39, 0.29) is 11.6 Å². The molecule has 1 aromatic heterocycles. The van der Waals surface area contributed by atoms with Gasteiger partial charge in [-0.1, -0.05) is 0 Å². The Labute approximate surface area is 63.3 Å². The van der Waals surface area contributed by atoms with Gasteiger partial charge in [-0.05, 0) is 12.1 Å². The lowest BCUT2D eigenvalue weighted by atomic mass is 10.3. The molecular weight excluding hydrogens is 147 g/mol. The van der Waals surface area contributed by atoms with Crippen LogP contribution >= 0.6 is 0 Å². The molecular formula is C7H7FN2O. The number of methoxy groups -OCH3 is 1. The number of ether oxygens (including phenoxy) is 1. The molecule has 0 fully saturated rings. The molecule has 1 rings (SSSR count). The average Bonchev–Trinajstić information content (AvgIpc) is 2.04. The maximum Gasteiger partial charge on any atom is 0.235 e. The van der Waals surface area contributed by atoms with Crippen molar-refractivity contribution in [2.75, 3.05) is 7.11 Å².